The lowest BCUT2D eigenvalue weighted by Crippen LogP contribution is -2.32. The van der Waals surface area contributed by atoms with Gasteiger partial charge in [-0.3, -0.25) is 14.9 Å². The number of fused-ring (bicyclic) bond motifs is 1. The maximum absolute atomic E-state index is 13.9. The van der Waals surface area contributed by atoms with Crippen LogP contribution < -0.4 is 5.48 Å². The van der Waals surface area contributed by atoms with Gasteiger partial charge in [-0.25, -0.2) is 9.87 Å². The molecule has 0 fully saturated rings. The lowest BCUT2D eigenvalue weighted by Gasteiger charge is -2.29. The van der Waals surface area contributed by atoms with Gasteiger partial charge in [0, 0.05) is 25.2 Å². The molecule has 0 aromatic heterocycles. The molecule has 3 rings (SSSR count). The predicted octanol–water partition coefficient (Wildman–Crippen LogP) is 2.87. The van der Waals surface area contributed by atoms with Gasteiger partial charge in [0.2, 0.25) is 0 Å². The number of benzene rings is 2. The number of carbonyl (C=O) groups excluding carboxylic acids is 1. The molecule has 1 unspecified atom stereocenters. The van der Waals surface area contributed by atoms with Gasteiger partial charge < -0.3 is 5.11 Å². The Balaban J connectivity index is 1.73. The highest BCUT2D eigenvalue weighted by Crippen LogP contribution is 2.36. The van der Waals surface area contributed by atoms with E-state index in [9.17, 15) is 14.3 Å². The largest absolute Gasteiger partial charge is 0.395 e. The smallest absolute Gasteiger partial charge is 0.267 e. The second kappa shape index (κ2) is 9.59. The van der Waals surface area contributed by atoms with Crippen molar-refractivity contribution in [2.75, 3.05) is 19.7 Å². The molecule has 0 radical (unpaired) electrons. The van der Waals surface area contributed by atoms with Crippen LogP contribution in [-0.4, -0.2) is 40.8 Å². The Labute approximate surface area is 164 Å². The van der Waals surface area contributed by atoms with Crippen LogP contribution >= 0.6 is 0 Å². The van der Waals surface area contributed by atoms with Crippen LogP contribution in [0, 0.1) is 5.82 Å². The third-order valence-electron chi connectivity index (χ3n) is 5.20. The SMILES string of the molecule is O=C(/C=C/c1ccc2c(c1)CCC2N(CCO)CCc1ccccc1F)NO. The van der Waals surface area contributed by atoms with Crippen molar-refractivity contribution in [2.45, 2.75) is 25.3 Å². The number of aliphatic hydroxyl groups is 1. The Morgan fingerprint density at radius 1 is 1.25 bits per heavy atom. The fourth-order valence-electron chi connectivity index (χ4n) is 3.82. The third kappa shape index (κ3) is 4.84. The van der Waals surface area contributed by atoms with Crippen LogP contribution in [0.25, 0.3) is 6.08 Å². The van der Waals surface area contributed by atoms with Gasteiger partial charge in [0.25, 0.3) is 5.91 Å². The molecule has 2 aromatic carbocycles. The molecule has 5 nitrogen and oxygen atoms in total. The van der Waals surface area contributed by atoms with Gasteiger partial charge in [-0.2, -0.15) is 0 Å². The topological polar surface area (TPSA) is 72.8 Å². The van der Waals surface area contributed by atoms with E-state index >= 15 is 0 Å². The van der Waals surface area contributed by atoms with Crippen LogP contribution in [0.4, 0.5) is 4.39 Å². The van der Waals surface area contributed by atoms with E-state index in [-0.39, 0.29) is 18.5 Å². The summed E-state index contributed by atoms with van der Waals surface area (Å²) in [7, 11) is 0. The number of hydroxylamine groups is 1. The lowest BCUT2D eigenvalue weighted by atomic mass is 10.0. The number of hydrogen-bond acceptors (Lipinski definition) is 4. The number of halogens is 1. The summed E-state index contributed by atoms with van der Waals surface area (Å²) in [6, 6.07) is 13.0. The number of amides is 1. The van der Waals surface area contributed by atoms with Gasteiger partial charge in [-0.15, -0.1) is 0 Å². The van der Waals surface area contributed by atoms with E-state index < -0.39 is 5.91 Å². The maximum Gasteiger partial charge on any atom is 0.267 e. The third-order valence-corrected chi connectivity index (χ3v) is 5.20. The minimum absolute atomic E-state index is 0.0558. The average Bonchev–Trinajstić information content (AvgIpc) is 3.13. The summed E-state index contributed by atoms with van der Waals surface area (Å²) in [6.07, 6.45) is 5.38. The van der Waals surface area contributed by atoms with Crippen LogP contribution in [0.2, 0.25) is 0 Å². The fourth-order valence-corrected chi connectivity index (χ4v) is 3.82. The molecule has 6 heteroatoms. The Kier molecular flexibility index (Phi) is 6.92. The van der Waals surface area contributed by atoms with Crippen LogP contribution in [0.15, 0.2) is 48.5 Å². The number of nitrogens with one attached hydrogen (secondary N) is 1. The van der Waals surface area contributed by atoms with Crippen molar-refractivity contribution in [1.29, 1.82) is 0 Å². The van der Waals surface area contributed by atoms with E-state index in [2.05, 4.69) is 11.0 Å². The molecule has 148 valence electrons. The highest BCUT2D eigenvalue weighted by atomic mass is 19.1. The van der Waals surface area contributed by atoms with Crippen LogP contribution in [0.3, 0.4) is 0 Å². The number of aliphatic hydroxyl groups excluding tert-OH is 1. The molecule has 28 heavy (non-hydrogen) atoms. The number of carbonyl (C=O) groups is 1. The molecule has 1 aliphatic carbocycles. The molecule has 1 aliphatic rings. The Hall–Kier alpha value is -2.54. The summed E-state index contributed by atoms with van der Waals surface area (Å²) >= 11 is 0. The standard InChI is InChI=1S/C22H25FN2O3/c23-20-4-2-1-3-17(20)11-12-25(13-14-26)21-9-7-18-15-16(5-8-19(18)21)6-10-22(27)24-28/h1-6,8,10,15,21,26,28H,7,9,11-14H2,(H,24,27)/b10-6+. The van der Waals surface area contributed by atoms with Gasteiger partial charge in [0.05, 0.1) is 6.61 Å². The van der Waals surface area contributed by atoms with Crippen molar-refractivity contribution >= 4 is 12.0 Å². The predicted molar refractivity (Wildman–Crippen MR) is 105 cm³/mol. The maximum atomic E-state index is 13.9. The zero-order valence-corrected chi connectivity index (χ0v) is 15.6. The Bertz CT molecular complexity index is 853. The minimum Gasteiger partial charge on any atom is -0.395 e. The first-order valence-electron chi connectivity index (χ1n) is 9.45. The van der Waals surface area contributed by atoms with E-state index in [0.717, 1.165) is 18.4 Å². The molecule has 1 atom stereocenters. The van der Waals surface area contributed by atoms with E-state index in [4.69, 9.17) is 5.21 Å². The van der Waals surface area contributed by atoms with Crippen molar-refractivity contribution in [3.05, 3.63) is 76.6 Å². The van der Waals surface area contributed by atoms with Gasteiger partial charge in [0.1, 0.15) is 5.82 Å². The molecule has 0 saturated heterocycles. The number of hydrogen-bond donors (Lipinski definition) is 3. The molecule has 0 bridgehead atoms. The monoisotopic (exact) mass is 384 g/mol. The lowest BCUT2D eigenvalue weighted by molar-refractivity contribution is -0.124. The van der Waals surface area contributed by atoms with Crippen LogP contribution in [0.1, 0.15) is 34.7 Å². The summed E-state index contributed by atoms with van der Waals surface area (Å²) < 4.78 is 13.9. The fraction of sp³-hybridized carbons (Fsp3) is 0.318. The highest BCUT2D eigenvalue weighted by Gasteiger charge is 2.27. The molecular weight excluding hydrogens is 359 g/mol. The molecule has 2 aromatic rings. The van der Waals surface area contributed by atoms with E-state index in [1.807, 2.05) is 18.2 Å². The molecular formula is C22H25FN2O3. The molecule has 0 aliphatic heterocycles. The first-order valence-corrected chi connectivity index (χ1v) is 9.45. The zero-order valence-electron chi connectivity index (χ0n) is 15.6. The van der Waals surface area contributed by atoms with Crippen molar-refractivity contribution in [1.82, 2.24) is 10.4 Å². The summed E-state index contributed by atoms with van der Waals surface area (Å²) in [4.78, 5) is 13.4. The van der Waals surface area contributed by atoms with Crippen molar-refractivity contribution in [3.63, 3.8) is 0 Å². The summed E-state index contributed by atoms with van der Waals surface area (Å²) in [6.45, 7) is 1.26. The average molecular weight is 384 g/mol. The molecule has 0 spiro atoms. The van der Waals surface area contributed by atoms with Gasteiger partial charge >= 0.3 is 0 Å². The van der Waals surface area contributed by atoms with E-state index in [0.29, 0.717) is 25.1 Å². The van der Waals surface area contributed by atoms with Gasteiger partial charge in [-0.1, -0.05) is 36.4 Å². The van der Waals surface area contributed by atoms with Crippen molar-refractivity contribution in [3.8, 4) is 0 Å². The second-order valence-electron chi connectivity index (χ2n) is 6.92. The van der Waals surface area contributed by atoms with Crippen LogP contribution in [-0.2, 0) is 17.6 Å². The normalized spacial score (nSPS) is 15.9. The van der Waals surface area contributed by atoms with Crippen LogP contribution in [0.5, 0.6) is 0 Å². The highest BCUT2D eigenvalue weighted by molar-refractivity contribution is 5.90. The summed E-state index contributed by atoms with van der Waals surface area (Å²) in [5, 5.41) is 18.1. The molecule has 1 amide bonds. The number of nitrogens with zero attached hydrogens (tertiary/aromatic N) is 1. The van der Waals surface area contributed by atoms with E-state index in [1.54, 1.807) is 23.7 Å². The van der Waals surface area contributed by atoms with Gasteiger partial charge in [0.15, 0.2) is 0 Å². The Morgan fingerprint density at radius 3 is 2.82 bits per heavy atom. The first-order chi connectivity index (χ1) is 13.6. The van der Waals surface area contributed by atoms with Crippen molar-refractivity contribution < 1.29 is 19.5 Å². The molecule has 3 N–H and O–H groups in total. The minimum atomic E-state index is -0.569. The Morgan fingerprint density at radius 2 is 2.07 bits per heavy atom. The number of aryl methyl sites for hydroxylation is 1. The van der Waals surface area contributed by atoms with E-state index in [1.165, 1.54) is 23.3 Å². The van der Waals surface area contributed by atoms with Crippen molar-refractivity contribution in [2.24, 2.45) is 0 Å². The first kappa shape index (κ1) is 20.2. The second-order valence-corrected chi connectivity index (χ2v) is 6.92. The number of rotatable bonds is 8. The summed E-state index contributed by atoms with van der Waals surface area (Å²) in [5.41, 5.74) is 5.58. The summed E-state index contributed by atoms with van der Waals surface area (Å²) in [5.74, 6) is -0.762. The van der Waals surface area contributed by atoms with Gasteiger partial charge in [-0.05, 0) is 53.7 Å². The molecule has 0 heterocycles. The quantitative estimate of drug-likeness (QED) is 0.372. The molecule has 0 saturated carbocycles. The zero-order chi connectivity index (χ0) is 19.9.